The van der Waals surface area contributed by atoms with Gasteiger partial charge in [0.15, 0.2) is 0 Å². The molecule has 1 N–H and O–H groups in total. The van der Waals surface area contributed by atoms with Crippen LogP contribution in [0.5, 0.6) is 0 Å². The van der Waals surface area contributed by atoms with Gasteiger partial charge in [-0.15, -0.1) is 0 Å². The summed E-state index contributed by atoms with van der Waals surface area (Å²) in [4.78, 5) is 14.7. The van der Waals surface area contributed by atoms with E-state index in [0.29, 0.717) is 19.6 Å². The molecule has 0 radical (unpaired) electrons. The van der Waals surface area contributed by atoms with Gasteiger partial charge in [0.1, 0.15) is 18.8 Å². The Hall–Kier alpha value is -1.48. The molecule has 0 bridgehead atoms. The second kappa shape index (κ2) is 10.2. The maximum Gasteiger partial charge on any atom is 0.324 e. The lowest BCUT2D eigenvalue weighted by atomic mass is 10.0. The highest BCUT2D eigenvalue weighted by Crippen LogP contribution is 2.13. The van der Waals surface area contributed by atoms with Crippen molar-refractivity contribution in [2.45, 2.75) is 39.0 Å². The number of ether oxygens (including phenoxy) is 2. The highest BCUT2D eigenvalue weighted by molar-refractivity contribution is 7.88. The molecule has 2 rings (SSSR count). The van der Waals surface area contributed by atoms with Crippen LogP contribution in [0.1, 0.15) is 25.8 Å². The fourth-order valence-electron chi connectivity index (χ4n) is 2.99. The lowest BCUT2D eigenvalue weighted by Crippen LogP contribution is -2.48. The normalized spacial score (nSPS) is 20.8. The predicted molar refractivity (Wildman–Crippen MR) is 104 cm³/mol. The van der Waals surface area contributed by atoms with Crippen molar-refractivity contribution in [3.8, 4) is 0 Å². The molecule has 7 nitrogen and oxygen atoms in total. The first-order valence-electron chi connectivity index (χ1n) is 9.30. The largest absolute Gasteiger partial charge is 0.462 e. The summed E-state index contributed by atoms with van der Waals surface area (Å²) >= 11 is 0. The van der Waals surface area contributed by atoms with Gasteiger partial charge in [0.2, 0.25) is 10.0 Å². The summed E-state index contributed by atoms with van der Waals surface area (Å²) in [6, 6.07) is 9.30. The SMILES string of the molecule is CC[C@H](C)[C@H](NS(C)(=O)=O)C(=O)OC[C@H]1CN(Cc2ccccc2)CCO1. The summed E-state index contributed by atoms with van der Waals surface area (Å²) in [5.41, 5.74) is 1.23. The first-order chi connectivity index (χ1) is 12.8. The number of hydrogen-bond acceptors (Lipinski definition) is 6. The van der Waals surface area contributed by atoms with Crippen LogP contribution in [0.3, 0.4) is 0 Å². The lowest BCUT2D eigenvalue weighted by molar-refractivity contribution is -0.154. The van der Waals surface area contributed by atoms with Crippen LogP contribution in [-0.2, 0) is 30.8 Å². The second-order valence-corrected chi connectivity index (χ2v) is 8.88. The van der Waals surface area contributed by atoms with Gasteiger partial charge in [-0.3, -0.25) is 9.69 Å². The van der Waals surface area contributed by atoms with E-state index in [1.54, 1.807) is 0 Å². The number of carbonyl (C=O) groups excluding carboxylic acids is 1. The van der Waals surface area contributed by atoms with Crippen LogP contribution >= 0.6 is 0 Å². The number of nitrogens with one attached hydrogen (secondary N) is 1. The standard InChI is InChI=1S/C19H30N2O5S/c1-4-15(2)18(20-27(3,23)24)19(22)26-14-17-13-21(10-11-25-17)12-16-8-6-5-7-9-16/h5-9,15,17-18,20H,4,10-14H2,1-3H3/t15-,17+,18-/m0/s1. The third-order valence-electron chi connectivity index (χ3n) is 4.69. The van der Waals surface area contributed by atoms with Crippen molar-refractivity contribution >= 4 is 16.0 Å². The van der Waals surface area contributed by atoms with E-state index >= 15 is 0 Å². The summed E-state index contributed by atoms with van der Waals surface area (Å²) in [6.07, 6.45) is 1.48. The molecule has 0 saturated carbocycles. The smallest absolute Gasteiger partial charge is 0.324 e. The lowest BCUT2D eigenvalue weighted by Gasteiger charge is -2.33. The Labute approximate surface area is 162 Å². The fraction of sp³-hybridized carbons (Fsp3) is 0.632. The minimum Gasteiger partial charge on any atom is -0.462 e. The molecule has 0 unspecified atom stereocenters. The van der Waals surface area contributed by atoms with E-state index in [0.717, 1.165) is 19.3 Å². The van der Waals surface area contributed by atoms with Gasteiger partial charge >= 0.3 is 5.97 Å². The Bertz CT molecular complexity index is 695. The molecule has 1 fully saturated rings. The number of rotatable bonds is 9. The van der Waals surface area contributed by atoms with Crippen LogP contribution in [0.25, 0.3) is 0 Å². The zero-order valence-electron chi connectivity index (χ0n) is 16.3. The number of morpholine rings is 1. The first-order valence-corrected chi connectivity index (χ1v) is 11.2. The van der Waals surface area contributed by atoms with Crippen LogP contribution in [0.15, 0.2) is 30.3 Å². The van der Waals surface area contributed by atoms with Crippen LogP contribution in [0, 0.1) is 5.92 Å². The van der Waals surface area contributed by atoms with Crippen molar-refractivity contribution in [3.63, 3.8) is 0 Å². The summed E-state index contributed by atoms with van der Waals surface area (Å²) in [5, 5.41) is 0. The van der Waals surface area contributed by atoms with Gasteiger partial charge in [0.05, 0.1) is 12.9 Å². The van der Waals surface area contributed by atoms with E-state index in [9.17, 15) is 13.2 Å². The van der Waals surface area contributed by atoms with Crippen molar-refractivity contribution in [3.05, 3.63) is 35.9 Å². The van der Waals surface area contributed by atoms with Gasteiger partial charge < -0.3 is 9.47 Å². The molecule has 3 atom stereocenters. The zero-order chi connectivity index (χ0) is 19.9. The minimum absolute atomic E-state index is 0.114. The van der Waals surface area contributed by atoms with E-state index in [1.165, 1.54) is 5.56 Å². The van der Waals surface area contributed by atoms with Crippen molar-refractivity contribution in [1.82, 2.24) is 9.62 Å². The molecular weight excluding hydrogens is 368 g/mol. The summed E-state index contributed by atoms with van der Waals surface area (Å²) in [6.45, 7) is 6.72. The van der Waals surface area contributed by atoms with Crippen molar-refractivity contribution < 1.29 is 22.7 Å². The number of benzene rings is 1. The first kappa shape index (κ1) is 21.8. The summed E-state index contributed by atoms with van der Waals surface area (Å²) < 4.78 is 36.6. The van der Waals surface area contributed by atoms with Crippen molar-refractivity contribution in [2.24, 2.45) is 5.92 Å². The van der Waals surface area contributed by atoms with Crippen LogP contribution < -0.4 is 4.72 Å². The quantitative estimate of drug-likeness (QED) is 0.633. The molecule has 1 aliphatic heterocycles. The fourth-order valence-corrected chi connectivity index (χ4v) is 3.78. The molecule has 0 aliphatic carbocycles. The Morgan fingerprint density at radius 1 is 1.37 bits per heavy atom. The number of hydrogen-bond donors (Lipinski definition) is 1. The number of nitrogens with zero attached hydrogens (tertiary/aromatic N) is 1. The highest BCUT2D eigenvalue weighted by Gasteiger charge is 2.30. The average Bonchev–Trinajstić information content (AvgIpc) is 2.64. The number of carbonyl (C=O) groups is 1. The second-order valence-electron chi connectivity index (χ2n) is 7.10. The highest BCUT2D eigenvalue weighted by atomic mass is 32.2. The van der Waals surface area contributed by atoms with E-state index in [-0.39, 0.29) is 18.6 Å². The summed E-state index contributed by atoms with van der Waals surface area (Å²) in [5.74, 6) is -0.715. The van der Waals surface area contributed by atoms with E-state index < -0.39 is 22.0 Å². The van der Waals surface area contributed by atoms with E-state index in [1.807, 2.05) is 32.0 Å². The third-order valence-corrected chi connectivity index (χ3v) is 5.37. The Balaban J connectivity index is 1.87. The molecule has 8 heteroatoms. The molecule has 1 aromatic carbocycles. The molecule has 1 aliphatic rings. The summed E-state index contributed by atoms with van der Waals surface area (Å²) in [7, 11) is -3.50. The monoisotopic (exact) mass is 398 g/mol. The molecule has 1 saturated heterocycles. The molecule has 152 valence electrons. The third kappa shape index (κ3) is 7.57. The van der Waals surface area contributed by atoms with Gasteiger partial charge in [0.25, 0.3) is 0 Å². The van der Waals surface area contributed by atoms with Gasteiger partial charge in [-0.2, -0.15) is 0 Å². The number of esters is 1. The molecule has 1 heterocycles. The van der Waals surface area contributed by atoms with E-state index in [2.05, 4.69) is 21.8 Å². The Morgan fingerprint density at radius 3 is 2.70 bits per heavy atom. The van der Waals surface area contributed by atoms with Gasteiger partial charge in [-0.25, -0.2) is 13.1 Å². The maximum absolute atomic E-state index is 12.4. The van der Waals surface area contributed by atoms with E-state index in [4.69, 9.17) is 9.47 Å². The van der Waals surface area contributed by atoms with Gasteiger partial charge in [-0.1, -0.05) is 50.6 Å². The molecule has 0 aromatic heterocycles. The number of sulfonamides is 1. The van der Waals surface area contributed by atoms with Gasteiger partial charge in [0, 0.05) is 19.6 Å². The maximum atomic E-state index is 12.4. The topological polar surface area (TPSA) is 84.9 Å². The zero-order valence-corrected chi connectivity index (χ0v) is 17.1. The van der Waals surface area contributed by atoms with Crippen molar-refractivity contribution in [2.75, 3.05) is 32.6 Å². The van der Waals surface area contributed by atoms with Crippen molar-refractivity contribution in [1.29, 1.82) is 0 Å². The predicted octanol–water partition coefficient (Wildman–Crippen LogP) is 1.39. The Morgan fingerprint density at radius 2 is 2.07 bits per heavy atom. The average molecular weight is 399 g/mol. The van der Waals surface area contributed by atoms with Crippen LogP contribution in [-0.4, -0.2) is 64.0 Å². The minimum atomic E-state index is -3.50. The van der Waals surface area contributed by atoms with Crippen LogP contribution in [0.4, 0.5) is 0 Å². The molecule has 0 spiro atoms. The molecular formula is C19H30N2O5S. The molecule has 27 heavy (non-hydrogen) atoms. The van der Waals surface area contributed by atoms with Gasteiger partial charge in [-0.05, 0) is 11.5 Å². The molecule has 1 aromatic rings. The Kier molecular flexibility index (Phi) is 8.22. The molecule has 0 amide bonds. The van der Waals surface area contributed by atoms with Crippen LogP contribution in [0.2, 0.25) is 0 Å².